The Balaban J connectivity index is 0.000000785. The molecule has 2 aromatic carbocycles. The summed E-state index contributed by atoms with van der Waals surface area (Å²) in [6, 6.07) is 8.68. The molecule has 0 fully saturated rings. The molecule has 0 saturated heterocycles. The summed E-state index contributed by atoms with van der Waals surface area (Å²) < 4.78 is 20.0. The second-order valence-corrected chi connectivity index (χ2v) is 10.4. The van der Waals surface area contributed by atoms with E-state index in [1.54, 1.807) is 18.2 Å². The first-order valence-corrected chi connectivity index (χ1v) is 14.5. The number of nitro groups is 1. The highest BCUT2D eigenvalue weighted by Gasteiger charge is 2.19. The van der Waals surface area contributed by atoms with Gasteiger partial charge in [0.1, 0.15) is 45.6 Å². The number of nitro benzene ring substituents is 1. The monoisotopic (exact) mass is 781 g/mol. The van der Waals surface area contributed by atoms with E-state index in [0.717, 1.165) is 0 Å². The van der Waals surface area contributed by atoms with Gasteiger partial charge in [-0.05, 0) is 29.8 Å². The molecule has 0 atom stereocenters. The van der Waals surface area contributed by atoms with Gasteiger partial charge in [-0.25, -0.2) is 9.97 Å². The minimum Gasteiger partial charge on any atom is -0.437 e. The van der Waals surface area contributed by atoms with Gasteiger partial charge in [-0.3, -0.25) is 19.7 Å². The number of halogens is 5. The van der Waals surface area contributed by atoms with Gasteiger partial charge >= 0.3 is 0 Å². The van der Waals surface area contributed by atoms with Gasteiger partial charge in [0.2, 0.25) is 23.0 Å². The maximum Gasteiger partial charge on any atom is 0.289 e. The second kappa shape index (κ2) is 22.5. The lowest BCUT2D eigenvalue weighted by molar-refractivity contribution is -0.384. The largest absolute Gasteiger partial charge is 0.437 e. The number of Topliss-reactive ketones (excluding diaryl/α,β-unsaturated/α-hetero) is 1. The molecule has 20 heteroatoms. The van der Waals surface area contributed by atoms with Gasteiger partial charge in [0, 0.05) is 44.8 Å². The Kier molecular flexibility index (Phi) is 20.6. The number of hydrogen-bond acceptors (Lipinski definition) is 14. The van der Waals surface area contributed by atoms with Crippen molar-refractivity contribution in [1.29, 1.82) is 0 Å². The third kappa shape index (κ3) is 14.9. The summed E-state index contributed by atoms with van der Waals surface area (Å²) in [7, 11) is 2.87. The van der Waals surface area contributed by atoms with Crippen LogP contribution < -0.4 is 20.9 Å². The molecule has 4 rings (SSSR count). The SMILES string of the molecule is C.C.COCC(=O)Cc1nccc(Oc2ccc(N)c(Cl)c2Cl)n1.COCC(=O)Cl.Nc1nccc(Oc2ccc([N+](=O)[O-])c(Cl)c2Cl)n1. The lowest BCUT2D eigenvalue weighted by atomic mass is 10.3. The van der Waals surface area contributed by atoms with Crippen LogP contribution in [0.2, 0.25) is 20.1 Å². The molecule has 15 nitrogen and oxygen atoms in total. The van der Waals surface area contributed by atoms with Crippen LogP contribution in [0.5, 0.6) is 23.3 Å². The summed E-state index contributed by atoms with van der Waals surface area (Å²) >= 11 is 28.5. The lowest BCUT2D eigenvalue weighted by Crippen LogP contribution is -2.12. The van der Waals surface area contributed by atoms with E-state index < -0.39 is 10.2 Å². The van der Waals surface area contributed by atoms with E-state index in [9.17, 15) is 19.7 Å². The Bertz CT molecular complexity index is 1720. The summed E-state index contributed by atoms with van der Waals surface area (Å²) in [5.74, 6) is 1.08. The van der Waals surface area contributed by atoms with Gasteiger partial charge in [-0.1, -0.05) is 61.3 Å². The first-order valence-electron chi connectivity index (χ1n) is 12.6. The molecule has 0 spiro atoms. The van der Waals surface area contributed by atoms with Crippen LogP contribution in [0.3, 0.4) is 0 Å². The van der Waals surface area contributed by atoms with Crippen molar-refractivity contribution in [3.8, 4) is 23.3 Å². The van der Waals surface area contributed by atoms with Gasteiger partial charge in [0.15, 0.2) is 5.78 Å². The van der Waals surface area contributed by atoms with Gasteiger partial charge in [0.25, 0.3) is 5.69 Å². The normalized spacial score (nSPS) is 9.69. The minimum absolute atomic E-state index is 0. The molecule has 0 radical (unpaired) electrons. The Morgan fingerprint density at radius 3 is 1.82 bits per heavy atom. The summed E-state index contributed by atoms with van der Waals surface area (Å²) in [4.78, 5) is 46.9. The molecule has 0 amide bonds. The van der Waals surface area contributed by atoms with Crippen LogP contribution in [-0.2, 0) is 25.5 Å². The van der Waals surface area contributed by atoms with Crippen LogP contribution in [0, 0.1) is 10.1 Å². The molecule has 266 valence electrons. The van der Waals surface area contributed by atoms with Crippen molar-refractivity contribution in [3.05, 3.63) is 84.8 Å². The Morgan fingerprint density at radius 1 is 0.776 bits per heavy atom. The Morgan fingerprint density at radius 2 is 1.31 bits per heavy atom. The average Bonchev–Trinajstić information content (AvgIpc) is 3.00. The number of hydrogen-bond donors (Lipinski definition) is 2. The highest BCUT2D eigenvalue weighted by atomic mass is 35.5. The molecular formula is C29H32Cl5N7O8. The van der Waals surface area contributed by atoms with E-state index in [2.05, 4.69) is 24.7 Å². The number of benzene rings is 2. The minimum atomic E-state index is -0.638. The van der Waals surface area contributed by atoms with Crippen LogP contribution >= 0.6 is 58.0 Å². The van der Waals surface area contributed by atoms with Crippen molar-refractivity contribution in [3.63, 3.8) is 0 Å². The van der Waals surface area contributed by atoms with Crippen molar-refractivity contribution in [2.45, 2.75) is 21.3 Å². The van der Waals surface area contributed by atoms with Crippen molar-refractivity contribution in [2.24, 2.45) is 0 Å². The van der Waals surface area contributed by atoms with Gasteiger partial charge in [-0.15, -0.1) is 0 Å². The van der Waals surface area contributed by atoms with Gasteiger partial charge < -0.3 is 30.4 Å². The zero-order valence-corrected chi connectivity index (χ0v) is 28.1. The Hall–Kier alpha value is -4.09. The molecule has 0 aliphatic carbocycles. The molecule has 2 heterocycles. The van der Waals surface area contributed by atoms with Crippen molar-refractivity contribution < 1.29 is 33.5 Å². The topological polar surface area (TPSA) is 218 Å². The maximum absolute atomic E-state index is 11.5. The maximum atomic E-state index is 11.5. The predicted molar refractivity (Wildman–Crippen MR) is 189 cm³/mol. The predicted octanol–water partition coefficient (Wildman–Crippen LogP) is 7.65. The smallest absolute Gasteiger partial charge is 0.289 e. The molecule has 2 aromatic heterocycles. The van der Waals surface area contributed by atoms with Crippen molar-refractivity contribution in [1.82, 2.24) is 19.9 Å². The van der Waals surface area contributed by atoms with Crippen molar-refractivity contribution in [2.75, 3.05) is 38.9 Å². The summed E-state index contributed by atoms with van der Waals surface area (Å²) in [6.07, 6.45) is 2.95. The first-order chi connectivity index (χ1) is 22.3. The number of carbonyl (C=O) groups excluding carboxylic acids is 2. The standard InChI is InChI=1S/C14H13Cl2N3O3.C10H6Cl2N4O3.C3H5ClO2.2CH4/c1-21-7-8(20)6-11-18-5-4-12(19-11)22-10-3-2-9(17)13(15)14(10)16;11-8-5(16(17)18)1-2-6(9(8)12)19-7-3-4-14-10(13)15-7;1-6-2-3(4)5;;/h2-5H,6-7,17H2,1H3;1-4H,(H2,13,14,15);2H2,1H3;2*1H4. The fraction of sp³-hybridized carbons (Fsp3) is 0.241. The highest BCUT2D eigenvalue weighted by Crippen LogP contribution is 2.40. The summed E-state index contributed by atoms with van der Waals surface area (Å²) in [5.41, 5.74) is 11.1. The number of aromatic nitrogens is 4. The molecule has 0 bridgehead atoms. The highest BCUT2D eigenvalue weighted by molar-refractivity contribution is 6.63. The average molecular weight is 784 g/mol. The van der Waals surface area contributed by atoms with Crippen LogP contribution in [0.15, 0.2) is 48.8 Å². The number of ketones is 1. The number of ether oxygens (including phenoxy) is 4. The van der Waals surface area contributed by atoms with E-state index >= 15 is 0 Å². The third-order valence-electron chi connectivity index (χ3n) is 4.98. The van der Waals surface area contributed by atoms with Crippen LogP contribution in [0.1, 0.15) is 20.7 Å². The fourth-order valence-corrected chi connectivity index (χ4v) is 3.93. The zero-order valence-electron chi connectivity index (χ0n) is 24.3. The zero-order chi connectivity index (χ0) is 35.1. The van der Waals surface area contributed by atoms with Crippen molar-refractivity contribution >= 4 is 86.4 Å². The first kappa shape index (κ1) is 44.9. The molecular weight excluding hydrogens is 752 g/mol. The fourth-order valence-electron chi connectivity index (χ4n) is 3.03. The molecule has 0 aliphatic heterocycles. The second-order valence-electron chi connectivity index (χ2n) is 8.45. The van der Waals surface area contributed by atoms with E-state index in [-0.39, 0.29) is 89.5 Å². The summed E-state index contributed by atoms with van der Waals surface area (Å²) in [6.45, 7) is 0.00932. The van der Waals surface area contributed by atoms with Gasteiger partial charge in [0.05, 0.1) is 22.1 Å². The van der Waals surface area contributed by atoms with Crippen LogP contribution in [0.4, 0.5) is 17.3 Å². The van der Waals surface area contributed by atoms with E-state index in [1.165, 1.54) is 44.8 Å². The number of nitrogen functional groups attached to an aromatic ring is 2. The molecule has 0 unspecified atom stereocenters. The number of nitrogens with two attached hydrogens (primary N) is 2. The number of rotatable bonds is 11. The quantitative estimate of drug-likeness (QED) is 0.0646. The van der Waals surface area contributed by atoms with Crippen LogP contribution in [0.25, 0.3) is 0 Å². The van der Waals surface area contributed by atoms with Crippen LogP contribution in [-0.4, -0.2) is 63.3 Å². The number of carbonyl (C=O) groups is 2. The molecule has 4 N–H and O–H groups in total. The molecule has 49 heavy (non-hydrogen) atoms. The molecule has 0 saturated carbocycles. The van der Waals surface area contributed by atoms with E-state index in [4.69, 9.17) is 83.7 Å². The third-order valence-corrected chi connectivity index (χ3v) is 6.82. The molecule has 4 aromatic rings. The number of nitrogens with zero attached hydrogens (tertiary/aromatic N) is 5. The lowest BCUT2D eigenvalue weighted by Gasteiger charge is -2.09. The number of anilines is 2. The molecule has 0 aliphatic rings. The van der Waals surface area contributed by atoms with Gasteiger partial charge in [-0.2, -0.15) is 9.97 Å². The Labute approximate surface area is 306 Å². The van der Waals surface area contributed by atoms with E-state index in [0.29, 0.717) is 17.3 Å². The number of methoxy groups -OCH3 is 2. The summed E-state index contributed by atoms with van der Waals surface area (Å²) in [5, 5.41) is 10.3. The van der Waals surface area contributed by atoms with E-state index in [1.807, 2.05) is 0 Å².